The third-order valence-corrected chi connectivity index (χ3v) is 16.0. The molecule has 0 saturated heterocycles. The summed E-state index contributed by atoms with van der Waals surface area (Å²) in [5, 5.41) is 0. The van der Waals surface area contributed by atoms with E-state index >= 15 is 0 Å². The van der Waals surface area contributed by atoms with Gasteiger partial charge < -0.3 is 0 Å². The van der Waals surface area contributed by atoms with Gasteiger partial charge in [0.1, 0.15) is 0 Å². The second kappa shape index (κ2) is 44.4. The fraction of sp³-hybridized carbons (Fsp3) is 0.545. The molecule has 0 spiro atoms. The molecule has 0 aromatic carbocycles. The van der Waals surface area contributed by atoms with E-state index in [-0.39, 0.29) is 19.5 Å². The molecule has 0 aliphatic rings. The normalized spacial score (nSPS) is 10.8. The van der Waals surface area contributed by atoms with Crippen molar-refractivity contribution >= 4 is 36.2 Å². The third-order valence-electron chi connectivity index (χ3n) is 13.5. The monoisotopic (exact) mass is 1170 g/mol. The van der Waals surface area contributed by atoms with Crippen molar-refractivity contribution in [1.82, 2.24) is 29.9 Å². The summed E-state index contributed by atoms with van der Waals surface area (Å²) in [6.07, 6.45) is 46.9. The molecule has 6 rings (SSSR count). The summed E-state index contributed by atoms with van der Waals surface area (Å²) in [6.45, 7) is 10.8. The van der Waals surface area contributed by atoms with Crippen molar-refractivity contribution < 1.29 is 19.5 Å². The third kappa shape index (κ3) is 31.2. The molecule has 0 radical (unpaired) electrons. The molecule has 0 unspecified atom stereocenters. The zero-order valence-corrected chi connectivity index (χ0v) is 51.9. The number of aromatic nitrogens is 6. The van der Waals surface area contributed by atoms with Gasteiger partial charge in [-0.1, -0.05) is 149 Å². The van der Waals surface area contributed by atoms with Crippen LogP contribution in [-0.2, 0) is 37.4 Å². The maximum absolute atomic E-state index is 4.48. The van der Waals surface area contributed by atoms with Gasteiger partial charge in [-0.2, -0.15) is 36.2 Å². The predicted octanol–water partition coefficient (Wildman–Crippen LogP) is 20.1. The van der Waals surface area contributed by atoms with E-state index in [0.717, 1.165) is 57.8 Å². The van der Waals surface area contributed by atoms with Crippen LogP contribution in [-0.4, -0.2) is 47.2 Å². The quantitative estimate of drug-likeness (QED) is 0.0237. The molecule has 6 heterocycles. The van der Waals surface area contributed by atoms with Gasteiger partial charge >= 0.3 is 0 Å². The van der Waals surface area contributed by atoms with Crippen LogP contribution in [0.5, 0.6) is 0 Å². The number of thioether (sulfide) groups is 2. The number of rotatable bonds is 36. The van der Waals surface area contributed by atoms with E-state index in [1.165, 1.54) is 205 Å². The summed E-state index contributed by atoms with van der Waals surface area (Å²) in [6, 6.07) is 25.3. The van der Waals surface area contributed by atoms with Gasteiger partial charge in [-0.3, -0.25) is 29.9 Å². The van der Waals surface area contributed by atoms with Crippen molar-refractivity contribution in [2.75, 3.05) is 17.3 Å². The maximum atomic E-state index is 4.48. The Morgan fingerprint density at radius 1 is 0.329 bits per heavy atom. The number of hydrogen-bond acceptors (Lipinski definition) is 9. The molecule has 0 saturated carbocycles. The first-order valence-corrected chi connectivity index (χ1v) is 32.2. The topological polar surface area (TPSA) is 77.3 Å². The Kier molecular flexibility index (Phi) is 39.1. The van der Waals surface area contributed by atoms with Crippen molar-refractivity contribution in [3.63, 3.8) is 0 Å². The summed E-state index contributed by atoms with van der Waals surface area (Å²) in [7, 11) is 0. The fourth-order valence-electron chi connectivity index (χ4n) is 8.94. The first-order chi connectivity index (χ1) is 36.9. The van der Waals surface area contributed by atoms with Crippen LogP contribution in [0.4, 0.5) is 0 Å². The Morgan fingerprint density at radius 3 is 0.947 bits per heavy atom. The van der Waals surface area contributed by atoms with Crippen LogP contribution in [0, 0.1) is 20.8 Å². The summed E-state index contributed by atoms with van der Waals surface area (Å²) >= 11 is 8.33. The van der Waals surface area contributed by atoms with E-state index in [1.54, 1.807) is 0 Å². The van der Waals surface area contributed by atoms with Gasteiger partial charge in [0.15, 0.2) is 0 Å². The number of hydrogen-bond donors (Lipinski definition) is 1. The van der Waals surface area contributed by atoms with Gasteiger partial charge in [0.25, 0.3) is 0 Å². The maximum Gasteiger partial charge on any atom is 0.0889 e. The van der Waals surface area contributed by atoms with Gasteiger partial charge in [0.05, 0.1) is 34.2 Å². The van der Waals surface area contributed by atoms with Crippen molar-refractivity contribution in [3.05, 3.63) is 143 Å². The second-order valence-corrected chi connectivity index (χ2v) is 23.2. The smallest absolute Gasteiger partial charge is 0.0889 e. The summed E-state index contributed by atoms with van der Waals surface area (Å²) in [4.78, 5) is 26.8. The molecule has 6 aromatic heterocycles. The standard InChI is InChI=1S/3C22H32N2S.Ru/c1-19-12-14-23-21(17-19)22-18-20(13-15-24-22)11-9-7-5-3-2-4-6-8-10-16-25;2*1-3-4-5-6-7-8-9-10-15-25-18-20-12-14-24-22(17-20)21-16-19(2)11-13-23-21;/h12-15,17-18,25H,2-11,16H2,1H3;2*11-14,16-17H,3-10,15,18H2,1-2H3;. The number of thiol groups is 1. The second-order valence-electron chi connectivity index (χ2n) is 20.5. The molecular formula is C66H96N6RuS3. The van der Waals surface area contributed by atoms with Gasteiger partial charge in [-0.05, 0) is 176 Å². The Balaban J connectivity index is 0.000000298. The first kappa shape index (κ1) is 66.9. The molecule has 0 bridgehead atoms. The van der Waals surface area contributed by atoms with Crippen LogP contribution in [0.25, 0.3) is 34.2 Å². The zero-order valence-electron chi connectivity index (χ0n) is 47.6. The van der Waals surface area contributed by atoms with Crippen LogP contribution >= 0.6 is 36.2 Å². The minimum absolute atomic E-state index is 0. The van der Waals surface area contributed by atoms with Gasteiger partial charge in [0.2, 0.25) is 0 Å². The van der Waals surface area contributed by atoms with E-state index in [2.05, 4.69) is 132 Å². The molecule has 10 heteroatoms. The summed E-state index contributed by atoms with van der Waals surface area (Å²) < 4.78 is 0. The van der Waals surface area contributed by atoms with E-state index in [4.69, 9.17) is 0 Å². The largest absolute Gasteiger partial charge is 0.255 e. The molecule has 0 atom stereocenters. The van der Waals surface area contributed by atoms with E-state index in [9.17, 15) is 0 Å². The van der Waals surface area contributed by atoms with E-state index in [0.29, 0.717) is 0 Å². The van der Waals surface area contributed by atoms with Crippen molar-refractivity contribution in [1.29, 1.82) is 0 Å². The molecule has 0 amide bonds. The van der Waals surface area contributed by atoms with Crippen molar-refractivity contribution in [2.24, 2.45) is 0 Å². The minimum Gasteiger partial charge on any atom is -0.255 e. The van der Waals surface area contributed by atoms with Crippen LogP contribution < -0.4 is 0 Å². The Bertz CT molecular complexity index is 2100. The summed E-state index contributed by atoms with van der Waals surface area (Å²) in [5.41, 5.74) is 13.6. The summed E-state index contributed by atoms with van der Waals surface area (Å²) in [5.74, 6) is 5.69. The average molecular weight is 1170 g/mol. The molecule has 416 valence electrons. The van der Waals surface area contributed by atoms with Gasteiger partial charge in [-0.15, -0.1) is 0 Å². The first-order valence-electron chi connectivity index (χ1n) is 29.3. The molecule has 0 fully saturated rings. The minimum atomic E-state index is 0. The zero-order chi connectivity index (χ0) is 53.2. The van der Waals surface area contributed by atoms with Crippen molar-refractivity contribution in [3.8, 4) is 34.2 Å². The van der Waals surface area contributed by atoms with Crippen LogP contribution in [0.15, 0.2) is 110 Å². The number of aryl methyl sites for hydroxylation is 4. The molecule has 0 N–H and O–H groups in total. The number of pyridine rings is 6. The molecule has 6 aromatic rings. The van der Waals surface area contributed by atoms with E-state index in [1.807, 2.05) is 78.9 Å². The fourth-order valence-corrected chi connectivity index (χ4v) is 11.1. The number of unbranched alkanes of at least 4 members (excludes halogenated alkanes) is 22. The van der Waals surface area contributed by atoms with Gasteiger partial charge in [0, 0.05) is 68.2 Å². The van der Waals surface area contributed by atoms with E-state index < -0.39 is 0 Å². The Hall–Kier alpha value is -3.43. The van der Waals surface area contributed by atoms with Crippen LogP contribution in [0.1, 0.15) is 208 Å². The SMILES string of the molecule is CCCCCCCCCCSCc1ccnc(-c2cc(C)ccn2)c1.CCCCCCCCCCSCc1ccnc(-c2cc(C)ccn2)c1.Cc1ccnc(-c2cc(CCCCCCCCCCCS)ccn2)c1.[Ru]. The molecule has 6 nitrogen and oxygen atoms in total. The Labute approximate surface area is 489 Å². The van der Waals surface area contributed by atoms with Crippen LogP contribution in [0.3, 0.4) is 0 Å². The predicted molar refractivity (Wildman–Crippen MR) is 333 cm³/mol. The van der Waals surface area contributed by atoms with Crippen LogP contribution in [0.2, 0.25) is 0 Å². The average Bonchev–Trinajstić information content (AvgIpc) is 3.43. The number of nitrogens with zero attached hydrogens (tertiary/aromatic N) is 6. The molecular weight excluding hydrogens is 1070 g/mol. The molecule has 76 heavy (non-hydrogen) atoms. The molecule has 0 aliphatic heterocycles. The van der Waals surface area contributed by atoms with Gasteiger partial charge in [-0.25, -0.2) is 0 Å². The Morgan fingerprint density at radius 2 is 0.605 bits per heavy atom. The molecule has 0 aliphatic carbocycles. The van der Waals surface area contributed by atoms with Crippen molar-refractivity contribution in [2.45, 2.75) is 213 Å².